The van der Waals surface area contributed by atoms with E-state index in [1.54, 1.807) is 12.1 Å². The molecule has 3 heterocycles. The number of thioether (sulfide) groups is 2. The molecule has 8 nitrogen and oxygen atoms in total. The number of rotatable bonds is 8. The fraction of sp³-hybridized carbons (Fsp3) is 0.417. The Hall–Kier alpha value is -1.85. The molecule has 1 saturated carbocycles. The van der Waals surface area contributed by atoms with Gasteiger partial charge in [0.1, 0.15) is 17.1 Å². The molecule has 0 spiro atoms. The molecule has 13 heteroatoms. The molecule has 37 heavy (non-hydrogen) atoms. The molecular weight excluding hydrogens is 581 g/mol. The molecule has 196 valence electrons. The average Bonchev–Trinajstić information content (AvgIpc) is 3.62. The Balaban J connectivity index is 1.24. The second-order valence-electron chi connectivity index (χ2n) is 9.23. The number of carbonyl (C=O) groups is 4. The van der Waals surface area contributed by atoms with E-state index in [2.05, 4.69) is 5.32 Å². The van der Waals surface area contributed by atoms with Gasteiger partial charge in [-0.05, 0) is 49.0 Å². The highest BCUT2D eigenvalue weighted by molar-refractivity contribution is 8.00. The summed E-state index contributed by atoms with van der Waals surface area (Å²) in [5.41, 5.74) is 0.884. The van der Waals surface area contributed by atoms with Gasteiger partial charge >= 0.3 is 5.97 Å². The van der Waals surface area contributed by atoms with Gasteiger partial charge < -0.3 is 15.3 Å². The Bertz CT molecular complexity index is 1270. The van der Waals surface area contributed by atoms with Gasteiger partial charge in [-0.2, -0.15) is 0 Å². The van der Waals surface area contributed by atoms with Crippen LogP contribution in [0.5, 0.6) is 0 Å². The molecule has 2 atom stereocenters. The summed E-state index contributed by atoms with van der Waals surface area (Å²) in [5.74, 6) is -1.31. The number of amides is 3. The third kappa shape index (κ3) is 5.49. The largest absolute Gasteiger partial charge is 0.477 e. The van der Waals surface area contributed by atoms with Gasteiger partial charge in [0.15, 0.2) is 0 Å². The Morgan fingerprint density at radius 1 is 1.16 bits per heavy atom. The van der Waals surface area contributed by atoms with Crippen molar-refractivity contribution in [1.29, 1.82) is 0 Å². The summed E-state index contributed by atoms with van der Waals surface area (Å²) >= 11 is 20.6. The van der Waals surface area contributed by atoms with Crippen LogP contribution in [-0.4, -0.2) is 74.6 Å². The van der Waals surface area contributed by atoms with Crippen LogP contribution >= 0.6 is 58.3 Å². The second-order valence-corrected chi connectivity index (χ2v) is 12.6. The van der Waals surface area contributed by atoms with Gasteiger partial charge in [-0.1, -0.05) is 34.8 Å². The smallest absolute Gasteiger partial charge is 0.352 e. The topological polar surface area (TPSA) is 107 Å². The second kappa shape index (κ2) is 10.7. The summed E-state index contributed by atoms with van der Waals surface area (Å²) in [6.07, 6.45) is 4.49. The number of aliphatic carboxylic acids is 1. The number of benzene rings is 1. The SMILES string of the molecule is O=C(CSc1cc(Cl)c(Cl)cc1Cl)NC1C(=O)N2C(C(=O)O)=C(C=C3CCN(CC4CC4)C3=O)CSC12. The normalized spacial score (nSPS) is 24.5. The zero-order valence-electron chi connectivity index (χ0n) is 19.3. The Morgan fingerprint density at radius 3 is 2.59 bits per heavy atom. The fourth-order valence-electron chi connectivity index (χ4n) is 4.52. The number of β-lactam (4-membered cyclic amide) rings is 1. The molecule has 1 aliphatic carbocycles. The maximum Gasteiger partial charge on any atom is 0.352 e. The number of hydrogen-bond donors (Lipinski definition) is 2. The first-order valence-corrected chi connectivity index (χ1v) is 14.8. The summed E-state index contributed by atoms with van der Waals surface area (Å²) in [4.78, 5) is 54.0. The number of likely N-dealkylation sites (tertiary alicyclic amines) is 1. The first-order chi connectivity index (χ1) is 17.6. The van der Waals surface area contributed by atoms with Crippen molar-refractivity contribution in [3.8, 4) is 0 Å². The lowest BCUT2D eigenvalue weighted by atomic mass is 10.0. The van der Waals surface area contributed by atoms with Gasteiger partial charge in [0.05, 0.1) is 20.8 Å². The number of fused-ring (bicyclic) bond motifs is 1. The van der Waals surface area contributed by atoms with Crippen molar-refractivity contribution in [2.24, 2.45) is 5.92 Å². The number of halogens is 3. The van der Waals surface area contributed by atoms with Crippen molar-refractivity contribution in [3.05, 3.63) is 50.1 Å². The summed E-state index contributed by atoms with van der Waals surface area (Å²) < 4.78 is 0. The molecule has 1 aromatic rings. The van der Waals surface area contributed by atoms with Crippen LogP contribution in [0.15, 0.2) is 39.9 Å². The number of allylic oxidation sites excluding steroid dienone is 1. The van der Waals surface area contributed by atoms with E-state index in [4.69, 9.17) is 34.8 Å². The van der Waals surface area contributed by atoms with Crippen LogP contribution < -0.4 is 5.32 Å². The lowest BCUT2D eigenvalue weighted by molar-refractivity contribution is -0.150. The molecule has 4 aliphatic rings. The van der Waals surface area contributed by atoms with Crippen LogP contribution in [0.25, 0.3) is 0 Å². The molecule has 3 aliphatic heterocycles. The van der Waals surface area contributed by atoms with Crippen molar-refractivity contribution in [3.63, 3.8) is 0 Å². The zero-order valence-corrected chi connectivity index (χ0v) is 23.2. The number of hydrogen-bond acceptors (Lipinski definition) is 6. The third-order valence-corrected chi connectivity index (χ3v) is 10.1. The number of carboxylic acids is 1. The van der Waals surface area contributed by atoms with Crippen molar-refractivity contribution in [2.45, 2.75) is 35.6 Å². The third-order valence-electron chi connectivity index (χ3n) is 6.59. The number of nitrogens with zero attached hydrogens (tertiary/aromatic N) is 2. The minimum Gasteiger partial charge on any atom is -0.477 e. The number of carboxylic acid groups (broad SMARTS) is 1. The van der Waals surface area contributed by atoms with E-state index in [1.165, 1.54) is 22.7 Å². The minimum atomic E-state index is -1.24. The predicted molar refractivity (Wildman–Crippen MR) is 144 cm³/mol. The highest BCUT2D eigenvalue weighted by Crippen LogP contribution is 2.42. The Kier molecular flexibility index (Phi) is 7.75. The Labute approximate surface area is 236 Å². The van der Waals surface area contributed by atoms with Gasteiger partial charge in [0.25, 0.3) is 5.91 Å². The van der Waals surface area contributed by atoms with Crippen LogP contribution in [0.1, 0.15) is 19.3 Å². The van der Waals surface area contributed by atoms with Crippen LogP contribution in [0.2, 0.25) is 15.1 Å². The first kappa shape index (κ1) is 26.7. The van der Waals surface area contributed by atoms with E-state index in [1.807, 2.05) is 4.90 Å². The number of nitrogens with one attached hydrogen (secondary N) is 1. The quantitative estimate of drug-likeness (QED) is 0.200. The molecule has 0 radical (unpaired) electrons. The molecule has 2 N–H and O–H groups in total. The van der Waals surface area contributed by atoms with Gasteiger partial charge in [-0.3, -0.25) is 19.3 Å². The fourth-order valence-corrected chi connectivity index (χ4v) is 7.37. The highest BCUT2D eigenvalue weighted by atomic mass is 35.5. The predicted octanol–water partition coefficient (Wildman–Crippen LogP) is 4.05. The first-order valence-electron chi connectivity index (χ1n) is 11.6. The van der Waals surface area contributed by atoms with Gasteiger partial charge in [-0.15, -0.1) is 23.5 Å². The maximum atomic E-state index is 12.9. The van der Waals surface area contributed by atoms with Gasteiger partial charge in [0.2, 0.25) is 11.8 Å². The summed E-state index contributed by atoms with van der Waals surface area (Å²) in [6, 6.07) is 2.22. The van der Waals surface area contributed by atoms with E-state index in [9.17, 15) is 24.3 Å². The van der Waals surface area contributed by atoms with Crippen LogP contribution in [0.3, 0.4) is 0 Å². The van der Waals surface area contributed by atoms with Crippen molar-refractivity contribution in [1.82, 2.24) is 15.1 Å². The van der Waals surface area contributed by atoms with Crippen LogP contribution in [-0.2, 0) is 19.2 Å². The summed E-state index contributed by atoms with van der Waals surface area (Å²) in [5, 5.41) is 13.0. The molecule has 0 aromatic heterocycles. The average molecular weight is 603 g/mol. The monoisotopic (exact) mass is 601 g/mol. The van der Waals surface area contributed by atoms with E-state index in [-0.39, 0.29) is 17.4 Å². The molecule has 3 fully saturated rings. The van der Waals surface area contributed by atoms with E-state index in [0.717, 1.165) is 31.1 Å². The van der Waals surface area contributed by atoms with Gasteiger partial charge in [-0.25, -0.2) is 4.79 Å². The molecule has 2 saturated heterocycles. The highest BCUT2D eigenvalue weighted by Gasteiger charge is 2.54. The lowest BCUT2D eigenvalue weighted by Crippen LogP contribution is -2.70. The zero-order chi connectivity index (χ0) is 26.4. The minimum absolute atomic E-state index is 0.0166. The molecule has 2 unspecified atom stereocenters. The van der Waals surface area contributed by atoms with Crippen LogP contribution in [0, 0.1) is 5.92 Å². The molecule has 3 amide bonds. The lowest BCUT2D eigenvalue weighted by Gasteiger charge is -2.49. The Morgan fingerprint density at radius 2 is 1.89 bits per heavy atom. The van der Waals surface area contributed by atoms with Crippen LogP contribution in [0.4, 0.5) is 0 Å². The van der Waals surface area contributed by atoms with Crippen molar-refractivity contribution < 1.29 is 24.3 Å². The van der Waals surface area contributed by atoms with E-state index in [0.29, 0.717) is 55.7 Å². The molecule has 5 rings (SSSR count). The van der Waals surface area contributed by atoms with E-state index >= 15 is 0 Å². The van der Waals surface area contributed by atoms with E-state index < -0.39 is 29.2 Å². The summed E-state index contributed by atoms with van der Waals surface area (Å²) in [6.45, 7) is 1.38. The summed E-state index contributed by atoms with van der Waals surface area (Å²) in [7, 11) is 0. The van der Waals surface area contributed by atoms with Gasteiger partial charge in [0, 0.05) is 29.3 Å². The standard InChI is InChI=1S/C24H22Cl3N3O5S2/c25-14-6-16(27)17(7-15(14)26)36-10-18(31)28-19-22(33)30-20(24(34)35)13(9-37-23(19)30)5-12-3-4-29(21(12)32)8-11-1-2-11/h5-7,11,19,23H,1-4,8-10H2,(H,28,31)(H,34,35). The molecular formula is C24H22Cl3N3O5S2. The number of carbonyl (C=O) groups excluding carboxylic acids is 3. The molecule has 1 aromatic carbocycles. The molecule has 0 bridgehead atoms. The maximum absolute atomic E-state index is 12.9. The van der Waals surface area contributed by atoms with Crippen molar-refractivity contribution >= 4 is 82.0 Å². The van der Waals surface area contributed by atoms with Crippen molar-refractivity contribution in [2.75, 3.05) is 24.6 Å².